The number of aromatic nitrogens is 1. The summed E-state index contributed by atoms with van der Waals surface area (Å²) in [7, 11) is -4.44. The van der Waals surface area contributed by atoms with E-state index in [1.54, 1.807) is 0 Å². The van der Waals surface area contributed by atoms with Crippen molar-refractivity contribution in [1.29, 1.82) is 0 Å². The van der Waals surface area contributed by atoms with Crippen LogP contribution < -0.4 is 4.72 Å². The van der Waals surface area contributed by atoms with Crippen molar-refractivity contribution in [2.45, 2.75) is 25.1 Å². The fourth-order valence-corrected chi connectivity index (χ4v) is 2.82. The van der Waals surface area contributed by atoms with Gasteiger partial charge in [-0.05, 0) is 31.0 Å². The zero-order valence-corrected chi connectivity index (χ0v) is 11.7. The number of carbonyl (C=O) groups is 1. The van der Waals surface area contributed by atoms with E-state index in [0.29, 0.717) is 5.56 Å². The van der Waals surface area contributed by atoms with Crippen LogP contribution in [0.15, 0.2) is 24.5 Å². The van der Waals surface area contributed by atoms with Crippen LogP contribution in [0.2, 0.25) is 0 Å². The van der Waals surface area contributed by atoms with E-state index in [4.69, 9.17) is 5.11 Å². The molecular formula is C11H13F3N2O4S. The maximum Gasteiger partial charge on any atom is 0.418 e. The second-order valence-corrected chi connectivity index (χ2v) is 6.30. The lowest BCUT2D eigenvalue weighted by Gasteiger charge is -2.28. The number of pyridine rings is 1. The molecular weight excluding hydrogens is 313 g/mol. The molecule has 0 saturated heterocycles. The second kappa shape index (κ2) is 5.98. The van der Waals surface area contributed by atoms with Gasteiger partial charge in [-0.3, -0.25) is 4.98 Å². The van der Waals surface area contributed by atoms with Crippen molar-refractivity contribution in [3.05, 3.63) is 30.1 Å². The number of halogens is 3. The number of rotatable bonds is 6. The smallest absolute Gasteiger partial charge is 0.418 e. The van der Waals surface area contributed by atoms with Crippen molar-refractivity contribution < 1.29 is 31.5 Å². The van der Waals surface area contributed by atoms with Crippen LogP contribution in [-0.2, 0) is 21.2 Å². The van der Waals surface area contributed by atoms with Gasteiger partial charge in [0.15, 0.2) is 0 Å². The number of nitrogens with zero attached hydrogens (tertiary/aromatic N) is 1. The van der Waals surface area contributed by atoms with E-state index in [-0.39, 0.29) is 13.3 Å². The molecule has 1 unspecified atom stereocenters. The van der Waals surface area contributed by atoms with Gasteiger partial charge in [0.25, 0.3) is 0 Å². The average Bonchev–Trinajstić information content (AvgIpc) is 2.35. The van der Waals surface area contributed by atoms with Crippen LogP contribution >= 0.6 is 0 Å². The Morgan fingerprint density at radius 2 is 1.86 bits per heavy atom. The molecule has 0 radical (unpaired) electrons. The number of alkyl halides is 3. The third-order valence-electron chi connectivity index (χ3n) is 2.76. The lowest BCUT2D eigenvalue weighted by atomic mass is 10.0. The number of hydrogen-bond donors (Lipinski definition) is 2. The van der Waals surface area contributed by atoms with E-state index in [0.717, 1.165) is 0 Å². The number of sulfonamides is 1. The number of carboxylic acids is 1. The van der Waals surface area contributed by atoms with Gasteiger partial charge in [-0.2, -0.15) is 17.9 Å². The normalized spacial score (nSPS) is 15.4. The molecule has 2 N–H and O–H groups in total. The molecule has 0 amide bonds. The molecule has 0 aliphatic carbocycles. The molecule has 1 rings (SSSR count). The summed E-state index contributed by atoms with van der Waals surface area (Å²) in [4.78, 5) is 14.5. The van der Waals surface area contributed by atoms with Crippen LogP contribution in [0.4, 0.5) is 13.2 Å². The number of carboxylic acid groups (broad SMARTS) is 1. The molecule has 1 aromatic rings. The molecule has 0 aliphatic heterocycles. The summed E-state index contributed by atoms with van der Waals surface area (Å²) >= 11 is 0. The van der Waals surface area contributed by atoms with Crippen molar-refractivity contribution in [3.63, 3.8) is 0 Å². The molecule has 0 aliphatic rings. The Balaban J connectivity index is 2.86. The number of nitrogens with one attached hydrogen (secondary N) is 1. The van der Waals surface area contributed by atoms with Gasteiger partial charge < -0.3 is 5.11 Å². The standard InChI is InChI=1S/C11H13F3N2O4S/c1-10(9(17)18,11(12,13)14)16-21(19,20)7-4-8-2-5-15-6-3-8/h2-3,5-6,16H,4,7H2,1H3,(H,17,18). The SMILES string of the molecule is CC(NS(=O)(=O)CCc1ccncc1)(C(=O)O)C(F)(F)F. The van der Waals surface area contributed by atoms with Crippen LogP contribution in [-0.4, -0.2) is 41.9 Å². The Bertz CT molecular complexity index is 604. The molecule has 0 aromatic carbocycles. The van der Waals surface area contributed by atoms with E-state index in [1.165, 1.54) is 29.2 Å². The molecule has 10 heteroatoms. The summed E-state index contributed by atoms with van der Waals surface area (Å²) in [6.07, 6.45) is -2.51. The van der Waals surface area contributed by atoms with Crippen LogP contribution in [0.3, 0.4) is 0 Å². The summed E-state index contributed by atoms with van der Waals surface area (Å²) in [5.74, 6) is -2.99. The monoisotopic (exact) mass is 326 g/mol. The lowest BCUT2D eigenvalue weighted by Crippen LogP contribution is -2.62. The molecule has 0 saturated carbocycles. The van der Waals surface area contributed by atoms with Gasteiger partial charge >= 0.3 is 12.1 Å². The highest BCUT2D eigenvalue weighted by Crippen LogP contribution is 2.31. The highest BCUT2D eigenvalue weighted by atomic mass is 32.2. The Hall–Kier alpha value is -1.68. The minimum absolute atomic E-state index is 0.0641. The Morgan fingerprint density at radius 1 is 1.33 bits per heavy atom. The van der Waals surface area contributed by atoms with E-state index in [9.17, 15) is 26.4 Å². The zero-order chi connectivity index (χ0) is 16.3. The molecule has 6 nitrogen and oxygen atoms in total. The largest absolute Gasteiger partial charge is 0.480 e. The summed E-state index contributed by atoms with van der Waals surface area (Å²) < 4.78 is 62.8. The number of hydrogen-bond acceptors (Lipinski definition) is 4. The predicted molar refractivity (Wildman–Crippen MR) is 67.0 cm³/mol. The van der Waals surface area contributed by atoms with E-state index < -0.39 is 33.5 Å². The molecule has 1 aromatic heterocycles. The quantitative estimate of drug-likeness (QED) is 0.811. The van der Waals surface area contributed by atoms with E-state index in [2.05, 4.69) is 4.98 Å². The van der Waals surface area contributed by atoms with Crippen molar-refractivity contribution >= 4 is 16.0 Å². The first-order chi connectivity index (χ1) is 9.48. The van der Waals surface area contributed by atoms with Crippen molar-refractivity contribution in [3.8, 4) is 0 Å². The predicted octanol–water partition coefficient (Wildman–Crippen LogP) is 0.949. The van der Waals surface area contributed by atoms with Crippen molar-refractivity contribution in [2.75, 3.05) is 5.75 Å². The van der Waals surface area contributed by atoms with Crippen molar-refractivity contribution in [1.82, 2.24) is 9.71 Å². The van der Waals surface area contributed by atoms with Gasteiger partial charge in [-0.1, -0.05) is 0 Å². The third-order valence-corrected chi connectivity index (χ3v) is 4.22. The zero-order valence-electron chi connectivity index (χ0n) is 10.9. The number of aliphatic carboxylic acids is 1. The Kier molecular flexibility index (Phi) is 4.95. The number of aryl methyl sites for hydroxylation is 1. The molecule has 118 valence electrons. The van der Waals surface area contributed by atoms with Crippen molar-refractivity contribution in [2.24, 2.45) is 0 Å². The first-order valence-electron chi connectivity index (χ1n) is 5.68. The molecule has 0 fully saturated rings. The second-order valence-electron chi connectivity index (χ2n) is 4.45. The summed E-state index contributed by atoms with van der Waals surface area (Å²) in [6.45, 7) is 0.263. The fourth-order valence-electron chi connectivity index (χ4n) is 1.39. The fraction of sp³-hybridized carbons (Fsp3) is 0.455. The summed E-state index contributed by atoms with van der Waals surface area (Å²) in [6, 6.07) is 3.02. The van der Waals surface area contributed by atoms with Crippen LogP contribution in [0.5, 0.6) is 0 Å². The van der Waals surface area contributed by atoms with Crippen LogP contribution in [0.25, 0.3) is 0 Å². The van der Waals surface area contributed by atoms with Crippen LogP contribution in [0, 0.1) is 0 Å². The van der Waals surface area contributed by atoms with Crippen LogP contribution in [0.1, 0.15) is 12.5 Å². The first kappa shape index (κ1) is 17.4. The van der Waals surface area contributed by atoms with Gasteiger partial charge in [0, 0.05) is 12.4 Å². The molecule has 21 heavy (non-hydrogen) atoms. The third kappa shape index (κ3) is 4.39. The lowest BCUT2D eigenvalue weighted by molar-refractivity contribution is -0.201. The molecule has 1 atom stereocenters. The highest BCUT2D eigenvalue weighted by molar-refractivity contribution is 7.89. The highest BCUT2D eigenvalue weighted by Gasteiger charge is 2.59. The molecule has 0 spiro atoms. The van der Waals surface area contributed by atoms with Gasteiger partial charge in [0.1, 0.15) is 0 Å². The topological polar surface area (TPSA) is 96.4 Å². The maximum atomic E-state index is 12.7. The average molecular weight is 326 g/mol. The summed E-state index contributed by atoms with van der Waals surface area (Å²) in [5, 5.41) is 8.66. The van der Waals surface area contributed by atoms with E-state index in [1.807, 2.05) is 0 Å². The van der Waals surface area contributed by atoms with Gasteiger partial charge in [0.05, 0.1) is 5.75 Å². The molecule has 0 bridgehead atoms. The minimum Gasteiger partial charge on any atom is -0.480 e. The van der Waals surface area contributed by atoms with Gasteiger partial charge in [0.2, 0.25) is 15.6 Å². The van der Waals surface area contributed by atoms with Gasteiger partial charge in [-0.25, -0.2) is 13.2 Å². The van der Waals surface area contributed by atoms with Gasteiger partial charge in [-0.15, -0.1) is 0 Å². The Labute approximate surface area is 119 Å². The molecule has 1 heterocycles. The Morgan fingerprint density at radius 3 is 2.29 bits per heavy atom. The minimum atomic E-state index is -5.26. The first-order valence-corrected chi connectivity index (χ1v) is 7.34. The van der Waals surface area contributed by atoms with E-state index >= 15 is 0 Å². The maximum absolute atomic E-state index is 12.7. The summed E-state index contributed by atoms with van der Waals surface area (Å²) in [5.41, 5.74) is -3.01.